The number of hydrogen-bond acceptors (Lipinski definition) is 5. The van der Waals surface area contributed by atoms with Crippen molar-refractivity contribution in [2.75, 3.05) is 73.1 Å². The lowest BCUT2D eigenvalue weighted by molar-refractivity contribution is -0.183. The van der Waals surface area contributed by atoms with E-state index in [0.717, 1.165) is 39.1 Å². The second-order valence-electron chi connectivity index (χ2n) is 5.80. The smallest absolute Gasteiger partial charge is 0.158 e. The highest BCUT2D eigenvalue weighted by atomic mass is 16.7. The predicted molar refractivity (Wildman–Crippen MR) is 76.4 cm³/mol. The Balaban J connectivity index is 1.55. The molecule has 0 amide bonds. The van der Waals surface area contributed by atoms with Gasteiger partial charge in [-0.2, -0.15) is 0 Å². The first-order chi connectivity index (χ1) is 9.24. The summed E-state index contributed by atoms with van der Waals surface area (Å²) >= 11 is 0. The third kappa shape index (κ3) is 5.75. The molecule has 2 heterocycles. The van der Waals surface area contributed by atoms with Crippen LogP contribution in [-0.2, 0) is 9.47 Å². The fourth-order valence-electron chi connectivity index (χ4n) is 2.57. The molecular weight excluding hydrogens is 242 g/mol. The highest BCUT2D eigenvalue weighted by Crippen LogP contribution is 2.10. The van der Waals surface area contributed by atoms with Crippen LogP contribution in [0.4, 0.5) is 0 Å². The fraction of sp³-hybridized carbons (Fsp3) is 1.00. The zero-order valence-electron chi connectivity index (χ0n) is 12.5. The summed E-state index contributed by atoms with van der Waals surface area (Å²) in [5, 5.41) is 0. The molecule has 0 aromatic heterocycles. The van der Waals surface area contributed by atoms with Gasteiger partial charge in [0.05, 0.1) is 13.2 Å². The molecule has 0 spiro atoms. The molecule has 0 aromatic carbocycles. The highest BCUT2D eigenvalue weighted by Gasteiger charge is 2.19. The first-order valence-electron chi connectivity index (χ1n) is 7.57. The van der Waals surface area contributed by atoms with E-state index in [9.17, 15) is 0 Å². The Morgan fingerprint density at radius 2 is 1.53 bits per heavy atom. The molecule has 112 valence electrons. The maximum absolute atomic E-state index is 5.59. The quantitative estimate of drug-likeness (QED) is 0.694. The first-order valence-corrected chi connectivity index (χ1v) is 7.57. The van der Waals surface area contributed by atoms with Crippen LogP contribution in [0.3, 0.4) is 0 Å². The molecule has 2 aliphatic heterocycles. The molecule has 0 unspecified atom stereocenters. The molecule has 0 aliphatic carbocycles. The Morgan fingerprint density at radius 3 is 2.11 bits per heavy atom. The molecule has 19 heavy (non-hydrogen) atoms. The van der Waals surface area contributed by atoms with Gasteiger partial charge >= 0.3 is 0 Å². The highest BCUT2D eigenvalue weighted by molar-refractivity contribution is 4.73. The Bertz CT molecular complexity index is 237. The Morgan fingerprint density at radius 1 is 0.947 bits per heavy atom. The first kappa shape index (κ1) is 15.2. The van der Waals surface area contributed by atoms with Crippen molar-refractivity contribution in [1.29, 1.82) is 0 Å². The summed E-state index contributed by atoms with van der Waals surface area (Å²) in [6.07, 6.45) is 2.10. The topological polar surface area (TPSA) is 28.2 Å². The van der Waals surface area contributed by atoms with E-state index in [4.69, 9.17) is 9.47 Å². The Hall–Kier alpha value is -0.200. The Kier molecular flexibility index (Phi) is 6.53. The van der Waals surface area contributed by atoms with Crippen molar-refractivity contribution in [3.8, 4) is 0 Å². The summed E-state index contributed by atoms with van der Waals surface area (Å²) in [6.45, 7) is 9.93. The van der Waals surface area contributed by atoms with Gasteiger partial charge in [0.25, 0.3) is 0 Å². The second kappa shape index (κ2) is 8.17. The third-order valence-electron chi connectivity index (χ3n) is 3.91. The van der Waals surface area contributed by atoms with E-state index in [1.165, 1.54) is 32.7 Å². The van der Waals surface area contributed by atoms with Crippen molar-refractivity contribution >= 4 is 0 Å². The van der Waals surface area contributed by atoms with E-state index >= 15 is 0 Å². The lowest BCUT2D eigenvalue weighted by Crippen LogP contribution is -2.48. The van der Waals surface area contributed by atoms with E-state index in [1.54, 1.807) is 0 Å². The fourth-order valence-corrected chi connectivity index (χ4v) is 2.57. The summed E-state index contributed by atoms with van der Waals surface area (Å²) in [4.78, 5) is 7.35. The largest absolute Gasteiger partial charge is 0.353 e. The van der Waals surface area contributed by atoms with Crippen LogP contribution in [0, 0.1) is 0 Å². The normalized spacial score (nSPS) is 24.2. The van der Waals surface area contributed by atoms with Gasteiger partial charge < -0.3 is 19.3 Å². The molecule has 0 radical (unpaired) electrons. The van der Waals surface area contributed by atoms with Crippen LogP contribution in [0.1, 0.15) is 12.8 Å². The molecule has 5 heteroatoms. The molecule has 0 aromatic rings. The molecule has 2 fully saturated rings. The van der Waals surface area contributed by atoms with E-state index in [1.807, 2.05) is 0 Å². The number of piperazine rings is 1. The molecular formula is C14H29N3O2. The van der Waals surface area contributed by atoms with Gasteiger partial charge in [0.1, 0.15) is 0 Å². The summed E-state index contributed by atoms with van der Waals surface area (Å²) in [7, 11) is 4.28. The van der Waals surface area contributed by atoms with Crippen LogP contribution >= 0.6 is 0 Å². The van der Waals surface area contributed by atoms with Gasteiger partial charge in [-0.1, -0.05) is 0 Å². The lowest BCUT2D eigenvalue weighted by atomic mass is 10.2. The average Bonchev–Trinajstić information content (AvgIpc) is 2.45. The van der Waals surface area contributed by atoms with Gasteiger partial charge in [-0.25, -0.2) is 0 Å². The maximum atomic E-state index is 5.59. The molecule has 0 atom stereocenters. The Labute approximate surface area is 117 Å². The van der Waals surface area contributed by atoms with Crippen LogP contribution in [-0.4, -0.2) is 94.1 Å². The standard InChI is InChI=1S/C14H29N3O2/c1-15(2)6-7-17-10-8-16(9-11-17)5-4-14-18-12-3-13-19-14/h14H,3-13H2,1-2H3. The number of hydrogen-bond donors (Lipinski definition) is 0. The lowest BCUT2D eigenvalue weighted by Gasteiger charge is -2.36. The van der Waals surface area contributed by atoms with E-state index in [0.29, 0.717) is 0 Å². The third-order valence-corrected chi connectivity index (χ3v) is 3.91. The van der Waals surface area contributed by atoms with Crippen LogP contribution in [0.2, 0.25) is 0 Å². The zero-order chi connectivity index (χ0) is 13.5. The van der Waals surface area contributed by atoms with Crippen molar-refractivity contribution in [2.24, 2.45) is 0 Å². The van der Waals surface area contributed by atoms with E-state index < -0.39 is 0 Å². The van der Waals surface area contributed by atoms with Gasteiger partial charge in [-0.05, 0) is 20.5 Å². The molecule has 2 aliphatic rings. The van der Waals surface area contributed by atoms with Gasteiger partial charge in [0, 0.05) is 52.2 Å². The van der Waals surface area contributed by atoms with Crippen molar-refractivity contribution < 1.29 is 9.47 Å². The summed E-state index contributed by atoms with van der Waals surface area (Å²) < 4.78 is 11.2. The SMILES string of the molecule is CN(C)CCN1CCN(CCC2OCCCO2)CC1. The molecule has 0 bridgehead atoms. The van der Waals surface area contributed by atoms with Gasteiger partial charge in [-0.15, -0.1) is 0 Å². The number of rotatable bonds is 6. The van der Waals surface area contributed by atoms with Gasteiger partial charge in [-0.3, -0.25) is 4.90 Å². The second-order valence-corrected chi connectivity index (χ2v) is 5.80. The van der Waals surface area contributed by atoms with Crippen molar-refractivity contribution in [3.63, 3.8) is 0 Å². The minimum Gasteiger partial charge on any atom is -0.353 e. The van der Waals surface area contributed by atoms with E-state index in [2.05, 4.69) is 28.8 Å². The van der Waals surface area contributed by atoms with Crippen LogP contribution in [0.25, 0.3) is 0 Å². The predicted octanol–water partition coefficient (Wildman–Crippen LogP) is 0.319. The molecule has 2 saturated heterocycles. The van der Waals surface area contributed by atoms with Crippen molar-refractivity contribution in [3.05, 3.63) is 0 Å². The van der Waals surface area contributed by atoms with Crippen molar-refractivity contribution in [2.45, 2.75) is 19.1 Å². The van der Waals surface area contributed by atoms with Crippen molar-refractivity contribution in [1.82, 2.24) is 14.7 Å². The summed E-state index contributed by atoms with van der Waals surface area (Å²) in [5.41, 5.74) is 0. The van der Waals surface area contributed by atoms with Crippen LogP contribution in [0.5, 0.6) is 0 Å². The maximum Gasteiger partial charge on any atom is 0.158 e. The number of ether oxygens (including phenoxy) is 2. The average molecular weight is 271 g/mol. The van der Waals surface area contributed by atoms with Gasteiger partial charge in [0.15, 0.2) is 6.29 Å². The monoisotopic (exact) mass is 271 g/mol. The minimum atomic E-state index is 0.0421. The minimum absolute atomic E-state index is 0.0421. The molecule has 0 N–H and O–H groups in total. The number of likely N-dealkylation sites (N-methyl/N-ethyl adjacent to an activating group) is 1. The summed E-state index contributed by atoms with van der Waals surface area (Å²) in [6, 6.07) is 0. The van der Waals surface area contributed by atoms with Crippen LogP contribution in [0.15, 0.2) is 0 Å². The molecule has 2 rings (SSSR count). The molecule has 0 saturated carbocycles. The van der Waals surface area contributed by atoms with Gasteiger partial charge in [0.2, 0.25) is 0 Å². The number of nitrogens with zero attached hydrogens (tertiary/aromatic N) is 3. The molecule has 5 nitrogen and oxygen atoms in total. The zero-order valence-corrected chi connectivity index (χ0v) is 12.5. The van der Waals surface area contributed by atoms with Crippen LogP contribution < -0.4 is 0 Å². The summed E-state index contributed by atoms with van der Waals surface area (Å²) in [5.74, 6) is 0. The van der Waals surface area contributed by atoms with E-state index in [-0.39, 0.29) is 6.29 Å².